The zero-order chi connectivity index (χ0) is 43.3. The van der Waals surface area contributed by atoms with Crippen LogP contribution < -0.4 is 26.0 Å². The zero-order valence-electron chi connectivity index (χ0n) is 36.7. The van der Waals surface area contributed by atoms with Crippen LogP contribution in [0.15, 0.2) is 60.2 Å². The smallest absolute Gasteiger partial charge is 0.293 e. The summed E-state index contributed by atoms with van der Waals surface area (Å²) in [5.74, 6) is 0.550. The summed E-state index contributed by atoms with van der Waals surface area (Å²) < 4.78 is 9.33. The quantitative estimate of drug-likeness (QED) is 0.170. The number of benzene rings is 1. The van der Waals surface area contributed by atoms with E-state index in [1.54, 1.807) is 30.4 Å². The monoisotopic (exact) mass is 843 g/mol. The number of hydrogen-bond donors (Lipinski definition) is 3. The SMILES string of the molecule is C=CC(=O)NC1CCC(c2cc(Nc3nc(-c4ccnc(N5CCn6c(cc7c6CC(C)(C)C7)C5=O)c4CO)cn(C)c3=O)ccc2N2CCN(C3CCOCC3)CC2C)CC1. The minimum Gasteiger partial charge on any atom is -0.392 e. The first-order chi connectivity index (χ1) is 29.9. The van der Waals surface area contributed by atoms with Gasteiger partial charge in [0.15, 0.2) is 5.82 Å². The fourth-order valence-electron chi connectivity index (χ4n) is 10.9. The number of nitrogens with zero attached hydrogens (tertiary/aromatic N) is 7. The van der Waals surface area contributed by atoms with Crippen LogP contribution in [-0.2, 0) is 42.6 Å². The van der Waals surface area contributed by atoms with E-state index in [0.29, 0.717) is 53.5 Å². The first-order valence-electron chi connectivity index (χ1n) is 22.5. The van der Waals surface area contributed by atoms with Crippen LogP contribution in [0.4, 0.5) is 23.0 Å². The van der Waals surface area contributed by atoms with Gasteiger partial charge in [-0.2, -0.15) is 0 Å². The third-order valence-electron chi connectivity index (χ3n) is 14.1. The van der Waals surface area contributed by atoms with Gasteiger partial charge in [0, 0.05) is 112 Å². The van der Waals surface area contributed by atoms with E-state index in [1.165, 1.54) is 33.2 Å². The highest BCUT2D eigenvalue weighted by Gasteiger charge is 2.38. The number of piperazine rings is 1. The van der Waals surface area contributed by atoms with Crippen molar-refractivity contribution < 1.29 is 19.4 Å². The predicted molar refractivity (Wildman–Crippen MR) is 241 cm³/mol. The van der Waals surface area contributed by atoms with Gasteiger partial charge in [0.25, 0.3) is 11.5 Å². The average Bonchev–Trinajstić information content (AvgIpc) is 3.77. The van der Waals surface area contributed by atoms with Crippen molar-refractivity contribution in [2.75, 3.05) is 54.5 Å². The van der Waals surface area contributed by atoms with Gasteiger partial charge < -0.3 is 34.5 Å². The molecule has 1 saturated carbocycles. The fraction of sp³-hybridized carbons (Fsp3) is 0.521. The number of anilines is 4. The highest BCUT2D eigenvalue weighted by atomic mass is 16.5. The second-order valence-electron chi connectivity index (χ2n) is 18.9. The molecule has 0 radical (unpaired) electrons. The number of nitrogens with one attached hydrogen (secondary N) is 2. The zero-order valence-corrected chi connectivity index (χ0v) is 36.7. The fourth-order valence-corrected chi connectivity index (χ4v) is 10.9. The molecule has 3 aliphatic heterocycles. The van der Waals surface area contributed by atoms with Crippen LogP contribution in [0.1, 0.15) is 98.1 Å². The lowest BCUT2D eigenvalue weighted by Crippen LogP contribution is -2.56. The van der Waals surface area contributed by atoms with Gasteiger partial charge in [-0.25, -0.2) is 9.97 Å². The van der Waals surface area contributed by atoms with Gasteiger partial charge in [0.1, 0.15) is 11.5 Å². The summed E-state index contributed by atoms with van der Waals surface area (Å²) in [7, 11) is 1.70. The Labute approximate surface area is 364 Å². The minimum absolute atomic E-state index is 0.115. The standard InChI is InChI=1S/C48H61N9O5/c1-6-43(59)50-33-9-7-31(8-10-33)37-24-34(11-12-40(37)55-18-17-54(27-30(55)2)35-14-21-62-22-15-35)51-44-47(61)53(5)28-39(52-44)36-13-16-49-45(38(36)29-58)57-20-19-56-41(46(57)60)23-32-25-48(3,4)26-42(32)56/h6,11-13,16,23-24,28,30-31,33,35,58H,1,7-10,14-15,17-22,25-27,29H2,2-5H3,(H,50,59)(H,51,52). The van der Waals surface area contributed by atoms with Crippen molar-refractivity contribution in [1.29, 1.82) is 0 Å². The molecule has 62 heavy (non-hydrogen) atoms. The average molecular weight is 844 g/mol. The summed E-state index contributed by atoms with van der Waals surface area (Å²) in [6.07, 6.45) is 12.3. The van der Waals surface area contributed by atoms with Crippen molar-refractivity contribution in [3.8, 4) is 11.3 Å². The maximum atomic E-state index is 14.1. The van der Waals surface area contributed by atoms with Crippen LogP contribution >= 0.6 is 0 Å². The Balaban J connectivity index is 1.00. The molecule has 14 heteroatoms. The van der Waals surface area contributed by atoms with Crippen molar-refractivity contribution >= 4 is 34.8 Å². The van der Waals surface area contributed by atoms with Crippen LogP contribution in [0, 0.1) is 5.41 Å². The molecule has 2 aliphatic carbocycles. The predicted octanol–water partition coefficient (Wildman–Crippen LogP) is 5.68. The summed E-state index contributed by atoms with van der Waals surface area (Å²) in [6.45, 7) is 15.8. The first kappa shape index (κ1) is 42.0. The molecule has 1 unspecified atom stereocenters. The molecule has 6 heterocycles. The Morgan fingerprint density at radius 3 is 2.55 bits per heavy atom. The molecule has 3 N–H and O–H groups in total. The van der Waals surface area contributed by atoms with E-state index < -0.39 is 0 Å². The number of aryl methyl sites for hydroxylation is 1. The molecule has 1 atom stereocenters. The van der Waals surface area contributed by atoms with E-state index in [1.807, 2.05) is 12.1 Å². The number of ether oxygens (including phenoxy) is 1. The number of pyridine rings is 1. The molecule has 14 nitrogen and oxygen atoms in total. The number of hydrogen-bond acceptors (Lipinski definition) is 10. The number of carbonyl (C=O) groups is 2. The third-order valence-corrected chi connectivity index (χ3v) is 14.1. The number of aromatic nitrogens is 4. The maximum absolute atomic E-state index is 14.1. The van der Waals surface area contributed by atoms with Gasteiger partial charge >= 0.3 is 0 Å². The Hall–Kier alpha value is -5.31. The van der Waals surface area contributed by atoms with E-state index in [2.05, 4.69) is 69.5 Å². The van der Waals surface area contributed by atoms with Crippen molar-refractivity contribution in [1.82, 2.24) is 29.3 Å². The molecule has 3 aromatic heterocycles. The summed E-state index contributed by atoms with van der Waals surface area (Å²) in [5, 5.41) is 17.4. The van der Waals surface area contributed by atoms with Gasteiger partial charge in [0.05, 0.1) is 12.3 Å². The van der Waals surface area contributed by atoms with E-state index in [4.69, 9.17) is 9.72 Å². The number of amides is 2. The lowest BCUT2D eigenvalue weighted by atomic mass is 9.80. The van der Waals surface area contributed by atoms with E-state index in [9.17, 15) is 19.5 Å². The Kier molecular flexibility index (Phi) is 11.6. The van der Waals surface area contributed by atoms with Gasteiger partial charge in [-0.1, -0.05) is 20.4 Å². The highest BCUT2D eigenvalue weighted by Crippen LogP contribution is 2.42. The van der Waals surface area contributed by atoms with Crippen molar-refractivity contribution in [2.45, 2.75) is 109 Å². The van der Waals surface area contributed by atoms with E-state index in [-0.39, 0.29) is 47.2 Å². The minimum atomic E-state index is -0.368. The topological polar surface area (TPSA) is 150 Å². The molecule has 2 saturated heterocycles. The van der Waals surface area contributed by atoms with E-state index in [0.717, 1.165) is 89.9 Å². The molecule has 3 fully saturated rings. The molecule has 2 amide bonds. The molecule has 4 aromatic rings. The second-order valence-corrected chi connectivity index (χ2v) is 18.9. The summed E-state index contributed by atoms with van der Waals surface area (Å²) in [6, 6.07) is 11.2. The van der Waals surface area contributed by atoms with Crippen LogP contribution in [0.2, 0.25) is 0 Å². The lowest BCUT2D eigenvalue weighted by Gasteiger charge is -2.46. The lowest BCUT2D eigenvalue weighted by molar-refractivity contribution is -0.117. The number of rotatable bonds is 10. The molecule has 0 bridgehead atoms. The number of aliphatic hydroxyl groups excluding tert-OH is 1. The highest BCUT2D eigenvalue weighted by molar-refractivity contribution is 6.06. The molecule has 328 valence electrons. The normalized spacial score (nSPS) is 22.9. The molecule has 9 rings (SSSR count). The Morgan fingerprint density at radius 1 is 1.02 bits per heavy atom. The van der Waals surface area contributed by atoms with Crippen LogP contribution in [-0.4, -0.2) is 98.4 Å². The molecule has 5 aliphatic rings. The van der Waals surface area contributed by atoms with Crippen molar-refractivity contribution in [3.05, 3.63) is 93.8 Å². The van der Waals surface area contributed by atoms with Crippen LogP contribution in [0.5, 0.6) is 0 Å². The molecular weight excluding hydrogens is 783 g/mol. The Morgan fingerprint density at radius 2 is 1.81 bits per heavy atom. The summed E-state index contributed by atoms with van der Waals surface area (Å²) in [5.41, 5.74) is 7.79. The molecule has 1 aromatic carbocycles. The maximum Gasteiger partial charge on any atom is 0.293 e. The van der Waals surface area contributed by atoms with Gasteiger partial charge in [-0.3, -0.25) is 24.2 Å². The largest absolute Gasteiger partial charge is 0.392 e. The van der Waals surface area contributed by atoms with Crippen molar-refractivity contribution in [2.24, 2.45) is 12.5 Å². The number of carbonyl (C=O) groups excluding carboxylic acids is 2. The number of aliphatic hydroxyl groups is 1. The second kappa shape index (κ2) is 17.1. The van der Waals surface area contributed by atoms with Crippen molar-refractivity contribution in [3.63, 3.8) is 0 Å². The Bertz CT molecular complexity index is 2430. The molecular formula is C48H61N9O5. The summed E-state index contributed by atoms with van der Waals surface area (Å²) in [4.78, 5) is 56.4. The summed E-state index contributed by atoms with van der Waals surface area (Å²) >= 11 is 0. The van der Waals surface area contributed by atoms with Crippen LogP contribution in [0.3, 0.4) is 0 Å². The van der Waals surface area contributed by atoms with Gasteiger partial charge in [0.2, 0.25) is 5.91 Å². The van der Waals surface area contributed by atoms with Gasteiger partial charge in [-0.05, 0) is 117 Å². The third kappa shape index (κ3) is 8.08. The first-order valence-corrected chi connectivity index (χ1v) is 22.5. The van der Waals surface area contributed by atoms with Gasteiger partial charge in [-0.15, -0.1) is 0 Å². The molecule has 0 spiro atoms. The number of fused-ring (bicyclic) bond motifs is 3. The van der Waals surface area contributed by atoms with Crippen LogP contribution in [0.25, 0.3) is 11.3 Å². The van der Waals surface area contributed by atoms with E-state index >= 15 is 0 Å².